The standard InChI is InChI=1S/C16H12N2O5S/c1-10-7-11(4-5-13(10)18(20)21)16(19)23-9-12-8-22-15(17-12)14-3-2-6-24-14/h2-8H,9H2,1H3. The number of esters is 1. The Labute approximate surface area is 140 Å². The molecule has 1 aromatic carbocycles. The van der Waals surface area contributed by atoms with Crippen molar-refractivity contribution < 1.29 is 18.9 Å². The van der Waals surface area contributed by atoms with Gasteiger partial charge in [-0.2, -0.15) is 0 Å². The van der Waals surface area contributed by atoms with Crippen molar-refractivity contribution in [2.45, 2.75) is 13.5 Å². The molecule has 7 nitrogen and oxygen atoms in total. The van der Waals surface area contributed by atoms with Crippen LogP contribution in [0.25, 0.3) is 10.8 Å². The Morgan fingerprint density at radius 3 is 2.92 bits per heavy atom. The van der Waals surface area contributed by atoms with E-state index in [4.69, 9.17) is 9.15 Å². The Hall–Kier alpha value is -3.00. The molecular formula is C16H12N2O5S. The van der Waals surface area contributed by atoms with Crippen LogP contribution in [0.1, 0.15) is 21.6 Å². The van der Waals surface area contributed by atoms with Crippen LogP contribution in [0.3, 0.4) is 0 Å². The summed E-state index contributed by atoms with van der Waals surface area (Å²) in [6, 6.07) is 7.86. The minimum atomic E-state index is -0.575. The molecule has 0 aliphatic rings. The monoisotopic (exact) mass is 344 g/mol. The van der Waals surface area contributed by atoms with Crippen LogP contribution in [0, 0.1) is 17.0 Å². The predicted octanol–water partition coefficient (Wildman–Crippen LogP) is 3.98. The first-order valence-electron chi connectivity index (χ1n) is 6.95. The Balaban J connectivity index is 1.65. The molecule has 0 N–H and O–H groups in total. The SMILES string of the molecule is Cc1cc(C(=O)OCc2coc(-c3cccs3)n2)ccc1[N+](=O)[O-]. The maximum absolute atomic E-state index is 12.0. The molecule has 122 valence electrons. The van der Waals surface area contributed by atoms with Crippen molar-refractivity contribution in [2.75, 3.05) is 0 Å². The van der Waals surface area contributed by atoms with Gasteiger partial charge in [0.15, 0.2) is 0 Å². The van der Waals surface area contributed by atoms with E-state index in [9.17, 15) is 14.9 Å². The zero-order valence-corrected chi connectivity index (χ0v) is 13.4. The van der Waals surface area contributed by atoms with Crippen LogP contribution in [0.2, 0.25) is 0 Å². The van der Waals surface area contributed by atoms with Crippen LogP contribution >= 0.6 is 11.3 Å². The van der Waals surface area contributed by atoms with E-state index in [1.807, 2.05) is 17.5 Å². The minimum absolute atomic E-state index is 0.0380. The zero-order valence-electron chi connectivity index (χ0n) is 12.6. The molecule has 0 saturated heterocycles. The Bertz CT molecular complexity index is 886. The van der Waals surface area contributed by atoms with Gasteiger partial charge in [0.2, 0.25) is 5.89 Å². The molecule has 0 aliphatic heterocycles. The van der Waals surface area contributed by atoms with Crippen molar-refractivity contribution in [1.82, 2.24) is 4.98 Å². The van der Waals surface area contributed by atoms with E-state index in [-0.39, 0.29) is 17.9 Å². The molecule has 0 atom stereocenters. The van der Waals surface area contributed by atoms with Gasteiger partial charge >= 0.3 is 5.97 Å². The van der Waals surface area contributed by atoms with E-state index in [1.165, 1.54) is 35.8 Å². The van der Waals surface area contributed by atoms with Gasteiger partial charge in [-0.15, -0.1) is 11.3 Å². The Morgan fingerprint density at radius 1 is 1.42 bits per heavy atom. The fourth-order valence-corrected chi connectivity index (χ4v) is 2.75. The van der Waals surface area contributed by atoms with Crippen molar-refractivity contribution in [3.8, 4) is 10.8 Å². The van der Waals surface area contributed by atoms with Gasteiger partial charge in [0.25, 0.3) is 5.69 Å². The molecule has 0 unspecified atom stereocenters. The van der Waals surface area contributed by atoms with Crippen molar-refractivity contribution >= 4 is 23.0 Å². The number of rotatable bonds is 5. The summed E-state index contributed by atoms with van der Waals surface area (Å²) < 4.78 is 10.5. The average molecular weight is 344 g/mol. The van der Waals surface area contributed by atoms with E-state index in [1.54, 1.807) is 6.92 Å². The summed E-state index contributed by atoms with van der Waals surface area (Å²) in [6.07, 6.45) is 1.43. The fourth-order valence-electron chi connectivity index (χ4n) is 2.10. The number of ether oxygens (including phenoxy) is 1. The second-order valence-corrected chi connectivity index (χ2v) is 5.90. The van der Waals surface area contributed by atoms with Gasteiger partial charge in [0.05, 0.1) is 15.4 Å². The number of carbonyl (C=O) groups excluding carboxylic acids is 1. The largest absolute Gasteiger partial charge is 0.455 e. The van der Waals surface area contributed by atoms with Gasteiger partial charge in [-0.1, -0.05) is 6.07 Å². The van der Waals surface area contributed by atoms with Crippen LogP contribution in [0.15, 0.2) is 46.4 Å². The van der Waals surface area contributed by atoms with Crippen LogP contribution in [-0.4, -0.2) is 15.9 Å². The van der Waals surface area contributed by atoms with Gasteiger partial charge < -0.3 is 9.15 Å². The molecule has 0 saturated carbocycles. The third-order valence-corrected chi connectivity index (χ3v) is 4.12. The molecule has 0 spiro atoms. The zero-order chi connectivity index (χ0) is 17.1. The molecule has 0 aliphatic carbocycles. The van der Waals surface area contributed by atoms with E-state index < -0.39 is 10.9 Å². The summed E-state index contributed by atoms with van der Waals surface area (Å²) in [6.45, 7) is 1.53. The van der Waals surface area contributed by atoms with Crippen LogP contribution in [0.5, 0.6) is 0 Å². The highest BCUT2D eigenvalue weighted by Gasteiger charge is 2.15. The van der Waals surface area contributed by atoms with E-state index in [2.05, 4.69) is 4.98 Å². The Kier molecular flexibility index (Phi) is 4.39. The average Bonchev–Trinajstić information content (AvgIpc) is 3.23. The second kappa shape index (κ2) is 6.63. The second-order valence-electron chi connectivity index (χ2n) is 4.96. The normalized spacial score (nSPS) is 10.5. The number of aromatic nitrogens is 1. The lowest BCUT2D eigenvalue weighted by Crippen LogP contribution is -2.06. The van der Waals surface area contributed by atoms with Gasteiger partial charge in [-0.3, -0.25) is 10.1 Å². The quantitative estimate of drug-likeness (QED) is 0.395. The molecule has 0 amide bonds. The fraction of sp³-hybridized carbons (Fsp3) is 0.125. The summed E-state index contributed by atoms with van der Waals surface area (Å²) >= 11 is 1.50. The van der Waals surface area contributed by atoms with Crippen molar-refractivity contribution in [3.63, 3.8) is 0 Å². The number of benzene rings is 1. The highest BCUT2D eigenvalue weighted by molar-refractivity contribution is 7.13. The third-order valence-electron chi connectivity index (χ3n) is 3.26. The van der Waals surface area contributed by atoms with Gasteiger partial charge in [0.1, 0.15) is 18.6 Å². The topological polar surface area (TPSA) is 95.5 Å². The highest BCUT2D eigenvalue weighted by atomic mass is 32.1. The first-order chi connectivity index (χ1) is 11.5. The van der Waals surface area contributed by atoms with Crippen molar-refractivity contribution in [1.29, 1.82) is 0 Å². The maximum Gasteiger partial charge on any atom is 0.338 e. The summed E-state index contributed by atoms with van der Waals surface area (Å²) in [5.74, 6) is -0.101. The number of nitro groups is 1. The molecule has 8 heteroatoms. The lowest BCUT2D eigenvalue weighted by molar-refractivity contribution is -0.385. The molecule has 2 aromatic heterocycles. The predicted molar refractivity (Wildman–Crippen MR) is 86.8 cm³/mol. The molecular weight excluding hydrogens is 332 g/mol. The third kappa shape index (κ3) is 3.33. The molecule has 24 heavy (non-hydrogen) atoms. The van der Waals surface area contributed by atoms with Crippen LogP contribution in [0.4, 0.5) is 5.69 Å². The maximum atomic E-state index is 12.0. The first-order valence-corrected chi connectivity index (χ1v) is 7.83. The van der Waals surface area contributed by atoms with E-state index >= 15 is 0 Å². The van der Waals surface area contributed by atoms with E-state index in [0.29, 0.717) is 17.1 Å². The lowest BCUT2D eigenvalue weighted by atomic mass is 10.1. The molecule has 0 bridgehead atoms. The van der Waals surface area contributed by atoms with Gasteiger partial charge in [-0.05, 0) is 30.5 Å². The summed E-state index contributed by atoms with van der Waals surface area (Å²) in [4.78, 5) is 27.5. The summed E-state index contributed by atoms with van der Waals surface area (Å²) in [5, 5.41) is 12.7. The van der Waals surface area contributed by atoms with Crippen LogP contribution < -0.4 is 0 Å². The summed E-state index contributed by atoms with van der Waals surface area (Å²) in [7, 11) is 0. The Morgan fingerprint density at radius 2 is 2.25 bits per heavy atom. The van der Waals surface area contributed by atoms with Crippen molar-refractivity contribution in [2.24, 2.45) is 0 Å². The van der Waals surface area contributed by atoms with Gasteiger partial charge in [0, 0.05) is 11.6 Å². The number of hydrogen-bond donors (Lipinski definition) is 0. The molecule has 2 heterocycles. The highest BCUT2D eigenvalue weighted by Crippen LogP contribution is 2.24. The number of oxazole rings is 1. The number of hydrogen-bond acceptors (Lipinski definition) is 7. The molecule has 3 aromatic rings. The number of thiophene rings is 1. The van der Waals surface area contributed by atoms with Crippen molar-refractivity contribution in [3.05, 3.63) is 68.9 Å². The molecule has 0 fully saturated rings. The number of nitro benzene ring substituents is 1. The minimum Gasteiger partial charge on any atom is -0.455 e. The molecule has 3 rings (SSSR count). The summed E-state index contributed by atoms with van der Waals surface area (Å²) in [5.41, 5.74) is 1.10. The first kappa shape index (κ1) is 15.9. The number of aryl methyl sites for hydroxylation is 1. The molecule has 0 radical (unpaired) electrons. The lowest BCUT2D eigenvalue weighted by Gasteiger charge is -2.04. The van der Waals surface area contributed by atoms with E-state index in [0.717, 1.165) is 4.88 Å². The van der Waals surface area contributed by atoms with Gasteiger partial charge in [-0.25, -0.2) is 9.78 Å². The number of carbonyl (C=O) groups is 1. The number of nitrogens with zero attached hydrogens (tertiary/aromatic N) is 2. The van der Waals surface area contributed by atoms with Crippen LogP contribution in [-0.2, 0) is 11.3 Å². The smallest absolute Gasteiger partial charge is 0.338 e.